The van der Waals surface area contributed by atoms with Gasteiger partial charge in [0.1, 0.15) is 11.3 Å². The molecular weight excluding hydrogens is 418 g/mol. The molecule has 1 amide bonds. The summed E-state index contributed by atoms with van der Waals surface area (Å²) in [7, 11) is -3.06. The average molecular weight is 450 g/mol. The summed E-state index contributed by atoms with van der Waals surface area (Å²) in [6.45, 7) is 5.66. The molecule has 170 valence electrons. The van der Waals surface area contributed by atoms with E-state index in [0.717, 1.165) is 42.2 Å². The number of benzene rings is 1. The number of carbonyl (C=O) groups is 1. The Labute approximate surface area is 183 Å². The molecule has 1 aromatic carbocycles. The number of aryl methyl sites for hydroxylation is 2. The highest BCUT2D eigenvalue weighted by molar-refractivity contribution is 7.91. The minimum Gasteiger partial charge on any atom is -0.483 e. The van der Waals surface area contributed by atoms with Gasteiger partial charge in [0.05, 0.1) is 11.5 Å². The first kappa shape index (κ1) is 23.3. The van der Waals surface area contributed by atoms with Crippen LogP contribution in [0.3, 0.4) is 0 Å². The second-order valence-corrected chi connectivity index (χ2v) is 10.6. The maximum absolute atomic E-state index is 12.6. The van der Waals surface area contributed by atoms with Crippen LogP contribution >= 0.6 is 0 Å². The van der Waals surface area contributed by atoms with E-state index in [1.165, 1.54) is 0 Å². The molecule has 1 fully saturated rings. The Morgan fingerprint density at radius 3 is 2.65 bits per heavy atom. The lowest BCUT2D eigenvalue weighted by Crippen LogP contribution is -2.38. The van der Waals surface area contributed by atoms with Crippen molar-refractivity contribution in [1.82, 2.24) is 5.32 Å². The van der Waals surface area contributed by atoms with Gasteiger partial charge in [0.25, 0.3) is 5.91 Å². The van der Waals surface area contributed by atoms with Crippen LogP contribution in [-0.2, 0) is 21.1 Å². The number of nitrogens with one attached hydrogen (secondary N) is 1. The summed E-state index contributed by atoms with van der Waals surface area (Å²) >= 11 is 0. The highest BCUT2D eigenvalue weighted by Gasteiger charge is 2.29. The number of sulfone groups is 1. The van der Waals surface area contributed by atoms with Crippen LogP contribution in [0.2, 0.25) is 0 Å². The zero-order valence-corrected chi connectivity index (χ0v) is 19.3. The Hall–Kier alpha value is -2.35. The molecule has 7 nitrogen and oxygen atoms in total. The Kier molecular flexibility index (Phi) is 7.41. The molecule has 1 saturated heterocycles. The lowest BCUT2D eigenvalue weighted by atomic mass is 9.99. The Morgan fingerprint density at radius 2 is 1.97 bits per heavy atom. The molecule has 0 bridgehead atoms. The van der Waals surface area contributed by atoms with Gasteiger partial charge in [-0.3, -0.25) is 4.79 Å². The summed E-state index contributed by atoms with van der Waals surface area (Å²) in [5.74, 6) is 0.155. The minimum absolute atomic E-state index is 0.0288. The van der Waals surface area contributed by atoms with Gasteiger partial charge < -0.3 is 14.5 Å². The minimum atomic E-state index is -3.06. The van der Waals surface area contributed by atoms with E-state index in [1.807, 2.05) is 13.0 Å². The van der Waals surface area contributed by atoms with Crippen LogP contribution in [0.15, 0.2) is 21.3 Å². The van der Waals surface area contributed by atoms with Crippen LogP contribution in [0, 0.1) is 13.8 Å². The number of hydrogen-bond donors (Lipinski definition) is 1. The van der Waals surface area contributed by atoms with E-state index < -0.39 is 9.84 Å². The van der Waals surface area contributed by atoms with Crippen molar-refractivity contribution in [2.45, 2.75) is 65.3 Å². The zero-order valence-electron chi connectivity index (χ0n) is 18.5. The van der Waals surface area contributed by atoms with Crippen molar-refractivity contribution in [3.63, 3.8) is 0 Å². The van der Waals surface area contributed by atoms with Crippen molar-refractivity contribution in [2.75, 3.05) is 18.1 Å². The van der Waals surface area contributed by atoms with Gasteiger partial charge in [0, 0.05) is 22.6 Å². The number of fused-ring (bicyclic) bond motifs is 1. The maximum atomic E-state index is 12.6. The first-order valence-electron chi connectivity index (χ1n) is 10.9. The predicted octanol–water partition coefficient (Wildman–Crippen LogP) is 3.21. The quantitative estimate of drug-likeness (QED) is 0.466. The van der Waals surface area contributed by atoms with Gasteiger partial charge in [0.2, 0.25) is 0 Å². The monoisotopic (exact) mass is 449 g/mol. The van der Waals surface area contributed by atoms with Gasteiger partial charge in [-0.1, -0.05) is 26.2 Å². The van der Waals surface area contributed by atoms with Crippen LogP contribution in [0.25, 0.3) is 11.0 Å². The van der Waals surface area contributed by atoms with Crippen LogP contribution in [0.5, 0.6) is 5.75 Å². The summed E-state index contributed by atoms with van der Waals surface area (Å²) < 4.78 is 34.3. The fourth-order valence-corrected chi connectivity index (χ4v) is 5.74. The second kappa shape index (κ2) is 9.85. The van der Waals surface area contributed by atoms with Crippen LogP contribution < -0.4 is 15.7 Å². The Morgan fingerprint density at radius 1 is 1.19 bits per heavy atom. The lowest BCUT2D eigenvalue weighted by molar-refractivity contribution is -0.123. The topological polar surface area (TPSA) is 103 Å². The van der Waals surface area contributed by atoms with Crippen molar-refractivity contribution in [1.29, 1.82) is 0 Å². The maximum Gasteiger partial charge on any atom is 0.339 e. The molecule has 1 aliphatic rings. The molecule has 0 aliphatic carbocycles. The van der Waals surface area contributed by atoms with Gasteiger partial charge in [-0.05, 0) is 50.8 Å². The van der Waals surface area contributed by atoms with E-state index in [-0.39, 0.29) is 35.7 Å². The van der Waals surface area contributed by atoms with Crippen molar-refractivity contribution >= 4 is 26.7 Å². The van der Waals surface area contributed by atoms with Crippen LogP contribution in [0.4, 0.5) is 0 Å². The molecule has 1 aromatic heterocycles. The summed E-state index contributed by atoms with van der Waals surface area (Å²) in [5, 5.41) is 3.57. The molecule has 3 rings (SSSR count). The van der Waals surface area contributed by atoms with Gasteiger partial charge in [-0.25, -0.2) is 13.2 Å². The Balaban J connectivity index is 1.70. The molecule has 31 heavy (non-hydrogen) atoms. The third-order valence-corrected chi connectivity index (χ3v) is 7.66. The fraction of sp³-hybridized carbons (Fsp3) is 0.565. The third kappa shape index (κ3) is 5.67. The highest BCUT2D eigenvalue weighted by atomic mass is 32.2. The zero-order chi connectivity index (χ0) is 22.6. The lowest BCUT2D eigenvalue weighted by Gasteiger charge is -2.14. The largest absolute Gasteiger partial charge is 0.483 e. The summed E-state index contributed by atoms with van der Waals surface area (Å²) in [4.78, 5) is 24.7. The van der Waals surface area contributed by atoms with E-state index in [1.54, 1.807) is 13.0 Å². The number of amides is 1. The number of unbranched alkanes of at least 4 members (excludes halogenated alkanes) is 3. The predicted molar refractivity (Wildman–Crippen MR) is 121 cm³/mol. The van der Waals surface area contributed by atoms with Crippen LogP contribution in [0.1, 0.15) is 55.7 Å². The van der Waals surface area contributed by atoms with Crippen LogP contribution in [-0.4, -0.2) is 38.5 Å². The number of ether oxygens (including phenoxy) is 1. The van der Waals surface area contributed by atoms with Crippen molar-refractivity contribution in [3.05, 3.63) is 39.2 Å². The van der Waals surface area contributed by atoms with Crippen molar-refractivity contribution in [2.24, 2.45) is 0 Å². The molecule has 1 atom stereocenters. The molecule has 0 saturated carbocycles. The first-order chi connectivity index (χ1) is 14.7. The molecule has 0 unspecified atom stereocenters. The average Bonchev–Trinajstić information content (AvgIpc) is 3.05. The van der Waals surface area contributed by atoms with Gasteiger partial charge in [0.15, 0.2) is 16.4 Å². The number of hydrogen-bond acceptors (Lipinski definition) is 6. The molecule has 0 radical (unpaired) electrons. The molecule has 0 spiro atoms. The van der Waals surface area contributed by atoms with Gasteiger partial charge in [-0.15, -0.1) is 0 Å². The molecule has 1 aliphatic heterocycles. The van der Waals surface area contributed by atoms with Crippen molar-refractivity contribution < 1.29 is 22.4 Å². The molecule has 1 N–H and O–H groups in total. The van der Waals surface area contributed by atoms with E-state index in [9.17, 15) is 18.0 Å². The summed E-state index contributed by atoms with van der Waals surface area (Å²) in [6.07, 6.45) is 5.48. The fourth-order valence-electron chi connectivity index (χ4n) is 4.07. The molecule has 8 heteroatoms. The smallest absolute Gasteiger partial charge is 0.339 e. The molecule has 2 heterocycles. The summed E-state index contributed by atoms with van der Waals surface area (Å²) in [6, 6.07) is 3.27. The number of carbonyl (C=O) groups excluding carboxylic acids is 1. The second-order valence-electron chi connectivity index (χ2n) is 8.33. The Bertz CT molecular complexity index is 1120. The number of rotatable bonds is 9. The van der Waals surface area contributed by atoms with Crippen molar-refractivity contribution in [3.8, 4) is 5.75 Å². The van der Waals surface area contributed by atoms with Gasteiger partial charge >= 0.3 is 5.63 Å². The standard InChI is InChI=1S/C23H31NO6S/c1-4-5-6-7-8-19-15(2)18-9-10-20(16(3)22(18)30-23(19)26)29-13-21(25)24-17-11-12-31(27,28)14-17/h9-10,17H,4-8,11-14H2,1-3H3,(H,24,25)/t17-/m1/s1. The van der Waals surface area contributed by atoms with E-state index in [2.05, 4.69) is 12.2 Å². The highest BCUT2D eigenvalue weighted by Crippen LogP contribution is 2.29. The first-order valence-corrected chi connectivity index (χ1v) is 12.7. The van der Waals surface area contributed by atoms with E-state index in [4.69, 9.17) is 9.15 Å². The third-order valence-electron chi connectivity index (χ3n) is 5.89. The van der Waals surface area contributed by atoms with E-state index in [0.29, 0.717) is 29.7 Å². The SMILES string of the molecule is CCCCCCc1c(C)c2ccc(OCC(=O)N[C@@H]3CCS(=O)(=O)C3)c(C)c2oc1=O. The summed E-state index contributed by atoms with van der Waals surface area (Å²) in [5.41, 5.74) is 2.47. The van der Waals surface area contributed by atoms with E-state index >= 15 is 0 Å². The van der Waals surface area contributed by atoms with Gasteiger partial charge in [-0.2, -0.15) is 0 Å². The normalized spacial score (nSPS) is 17.7. The molecule has 2 aromatic rings. The molecular formula is C23H31NO6S.